The number of benzene rings is 7. The van der Waals surface area contributed by atoms with E-state index in [1.165, 1.54) is 42.0 Å². The van der Waals surface area contributed by atoms with Crippen LogP contribution < -0.4 is 0 Å². The highest BCUT2D eigenvalue weighted by Crippen LogP contribution is 2.40. The van der Waals surface area contributed by atoms with Gasteiger partial charge in [-0.1, -0.05) is 127 Å². The van der Waals surface area contributed by atoms with E-state index in [9.17, 15) is 0 Å². The van der Waals surface area contributed by atoms with Crippen molar-refractivity contribution >= 4 is 53.3 Å². The van der Waals surface area contributed by atoms with Crippen molar-refractivity contribution in [2.24, 2.45) is 0 Å². The lowest BCUT2D eigenvalue weighted by Gasteiger charge is -2.12. The first kappa shape index (κ1) is 28.6. The predicted molar refractivity (Wildman–Crippen MR) is 209 cm³/mol. The average molecular weight is 657 g/mol. The predicted octanol–water partition coefficient (Wildman–Crippen LogP) is 12.0. The Balaban J connectivity index is 1.13. The van der Waals surface area contributed by atoms with Gasteiger partial charge in [0.1, 0.15) is 0 Å². The summed E-state index contributed by atoms with van der Waals surface area (Å²) in [6, 6.07) is 59.7. The summed E-state index contributed by atoms with van der Waals surface area (Å²) < 4.78 is 4.83. The first-order valence-electron chi connectivity index (χ1n) is 16.7. The van der Waals surface area contributed by atoms with Gasteiger partial charge in [0.15, 0.2) is 17.5 Å². The number of hydrogen-bond donors (Lipinski definition) is 0. The van der Waals surface area contributed by atoms with E-state index in [1.54, 1.807) is 11.3 Å². The van der Waals surface area contributed by atoms with Crippen LogP contribution >= 0.6 is 11.3 Å². The second kappa shape index (κ2) is 11.6. The summed E-state index contributed by atoms with van der Waals surface area (Å²) in [6.45, 7) is 0. The minimum Gasteiger partial charge on any atom is -0.309 e. The lowest BCUT2D eigenvalue weighted by atomic mass is 10.0. The first-order valence-corrected chi connectivity index (χ1v) is 17.5. The summed E-state index contributed by atoms with van der Waals surface area (Å²) in [5.41, 5.74) is 8.63. The molecule has 0 fully saturated rings. The molecule has 0 spiro atoms. The van der Waals surface area contributed by atoms with Crippen LogP contribution in [0.4, 0.5) is 0 Å². The summed E-state index contributed by atoms with van der Waals surface area (Å²) in [7, 11) is 0. The van der Waals surface area contributed by atoms with Gasteiger partial charge in [0, 0.05) is 53.3 Å². The number of thiophene rings is 1. The molecule has 0 radical (unpaired) electrons. The maximum absolute atomic E-state index is 5.18. The van der Waals surface area contributed by atoms with Crippen molar-refractivity contribution in [1.29, 1.82) is 0 Å². The maximum Gasteiger partial charge on any atom is 0.164 e. The average Bonchev–Trinajstić information content (AvgIpc) is 3.74. The van der Waals surface area contributed by atoms with Crippen molar-refractivity contribution in [3.63, 3.8) is 0 Å². The van der Waals surface area contributed by atoms with Gasteiger partial charge >= 0.3 is 0 Å². The molecule has 0 unspecified atom stereocenters. The van der Waals surface area contributed by atoms with E-state index in [2.05, 4.69) is 156 Å². The fourth-order valence-electron chi connectivity index (χ4n) is 7.17. The molecule has 0 saturated carbocycles. The Morgan fingerprint density at radius 2 is 0.920 bits per heavy atom. The lowest BCUT2D eigenvalue weighted by molar-refractivity contribution is 1.08. The topological polar surface area (TPSA) is 43.6 Å². The van der Waals surface area contributed by atoms with Gasteiger partial charge in [-0.2, -0.15) is 0 Å². The van der Waals surface area contributed by atoms with Crippen molar-refractivity contribution in [2.45, 2.75) is 0 Å². The largest absolute Gasteiger partial charge is 0.309 e. The van der Waals surface area contributed by atoms with Crippen LogP contribution in [0.1, 0.15) is 0 Å². The maximum atomic E-state index is 5.18. The second-order valence-electron chi connectivity index (χ2n) is 12.5. The highest BCUT2D eigenvalue weighted by molar-refractivity contribution is 7.25. The Labute approximate surface area is 292 Å². The van der Waals surface area contributed by atoms with Crippen LogP contribution in [-0.2, 0) is 0 Å². The quantitative estimate of drug-likeness (QED) is 0.185. The number of nitrogens with zero attached hydrogens (tertiary/aromatic N) is 4. The van der Waals surface area contributed by atoms with Crippen molar-refractivity contribution in [1.82, 2.24) is 19.5 Å². The van der Waals surface area contributed by atoms with E-state index >= 15 is 0 Å². The van der Waals surface area contributed by atoms with Crippen molar-refractivity contribution in [2.75, 3.05) is 0 Å². The van der Waals surface area contributed by atoms with Crippen LogP contribution in [0.5, 0.6) is 0 Å². The standard InChI is InChI=1S/C45H28N4S/c1-2-13-29(14-3-1)43-46-44(48-45(47-43)37-22-12-26-41-42(37)36-21-6-9-25-40(36)50-41)32-17-10-15-30(27-32)31-16-11-18-33(28-31)49-38-23-7-4-19-34(38)35-20-5-8-24-39(35)49/h1-28H. The first-order chi connectivity index (χ1) is 24.8. The minimum absolute atomic E-state index is 0.644. The zero-order chi connectivity index (χ0) is 33.0. The monoisotopic (exact) mass is 656 g/mol. The molecule has 50 heavy (non-hydrogen) atoms. The summed E-state index contributed by atoms with van der Waals surface area (Å²) in [5, 5.41) is 4.90. The number of para-hydroxylation sites is 2. The Bertz CT molecular complexity index is 2830. The van der Waals surface area contributed by atoms with E-state index < -0.39 is 0 Å². The third-order valence-electron chi connectivity index (χ3n) is 9.45. The zero-order valence-corrected chi connectivity index (χ0v) is 27.7. The normalized spacial score (nSPS) is 11.6. The zero-order valence-electron chi connectivity index (χ0n) is 26.9. The molecule has 0 bridgehead atoms. The highest BCUT2D eigenvalue weighted by atomic mass is 32.1. The van der Waals surface area contributed by atoms with Gasteiger partial charge in [0.2, 0.25) is 0 Å². The van der Waals surface area contributed by atoms with Crippen molar-refractivity contribution in [3.8, 4) is 51.0 Å². The summed E-state index contributed by atoms with van der Waals surface area (Å²) in [6.07, 6.45) is 0. The van der Waals surface area contributed by atoms with E-state index in [-0.39, 0.29) is 0 Å². The Morgan fingerprint density at radius 3 is 1.70 bits per heavy atom. The third-order valence-corrected chi connectivity index (χ3v) is 10.6. The van der Waals surface area contributed by atoms with Crippen LogP contribution in [0.25, 0.3) is 93.0 Å². The second-order valence-corrected chi connectivity index (χ2v) is 13.5. The molecule has 5 heteroatoms. The molecule has 10 aromatic rings. The smallest absolute Gasteiger partial charge is 0.164 e. The van der Waals surface area contributed by atoms with Gasteiger partial charge in [0.25, 0.3) is 0 Å². The Morgan fingerprint density at radius 1 is 0.380 bits per heavy atom. The van der Waals surface area contributed by atoms with Crippen molar-refractivity contribution < 1.29 is 0 Å². The molecular formula is C45H28N4S. The molecule has 0 aliphatic rings. The van der Waals surface area contributed by atoms with Crippen LogP contribution in [-0.4, -0.2) is 19.5 Å². The number of hydrogen-bond acceptors (Lipinski definition) is 4. The molecule has 0 N–H and O–H groups in total. The van der Waals surface area contributed by atoms with Gasteiger partial charge in [-0.3, -0.25) is 0 Å². The molecule has 0 saturated heterocycles. The minimum atomic E-state index is 0.644. The van der Waals surface area contributed by atoms with Gasteiger partial charge in [-0.25, -0.2) is 15.0 Å². The molecule has 10 rings (SSSR count). The van der Waals surface area contributed by atoms with Gasteiger partial charge in [-0.15, -0.1) is 11.3 Å². The molecular weight excluding hydrogens is 629 g/mol. The Kier molecular flexibility index (Phi) is 6.64. The molecule has 4 nitrogen and oxygen atoms in total. The summed E-state index contributed by atoms with van der Waals surface area (Å²) in [5.74, 6) is 1.97. The molecule has 7 aromatic carbocycles. The molecule has 0 aliphatic heterocycles. The van der Waals surface area contributed by atoms with E-state index in [4.69, 9.17) is 15.0 Å². The lowest BCUT2D eigenvalue weighted by Crippen LogP contribution is -2.00. The summed E-state index contributed by atoms with van der Waals surface area (Å²) >= 11 is 1.80. The van der Waals surface area contributed by atoms with E-state index in [1.807, 2.05) is 18.2 Å². The van der Waals surface area contributed by atoms with Crippen LogP contribution in [0, 0.1) is 0 Å². The van der Waals surface area contributed by atoms with Crippen molar-refractivity contribution in [3.05, 3.63) is 170 Å². The van der Waals surface area contributed by atoms with E-state index in [0.717, 1.165) is 33.5 Å². The molecule has 3 aromatic heterocycles. The molecule has 0 aliphatic carbocycles. The van der Waals surface area contributed by atoms with Gasteiger partial charge in [0.05, 0.1) is 11.0 Å². The fourth-order valence-corrected chi connectivity index (χ4v) is 8.30. The summed E-state index contributed by atoms with van der Waals surface area (Å²) in [4.78, 5) is 15.3. The molecule has 0 atom stereocenters. The Hall–Kier alpha value is -6.43. The fraction of sp³-hybridized carbons (Fsp3) is 0. The van der Waals surface area contributed by atoms with E-state index in [0.29, 0.717) is 17.5 Å². The van der Waals surface area contributed by atoms with Crippen LogP contribution in [0.3, 0.4) is 0 Å². The van der Waals surface area contributed by atoms with Gasteiger partial charge < -0.3 is 4.57 Å². The highest BCUT2D eigenvalue weighted by Gasteiger charge is 2.18. The molecule has 0 amide bonds. The van der Waals surface area contributed by atoms with Crippen LogP contribution in [0.15, 0.2) is 170 Å². The van der Waals surface area contributed by atoms with Crippen LogP contribution in [0.2, 0.25) is 0 Å². The SMILES string of the molecule is c1ccc(-c2nc(-c3cccc(-c4cccc(-n5c6ccccc6c6ccccc65)c4)c3)nc(-c3cccc4sc5ccccc5c34)n2)cc1. The number of fused-ring (bicyclic) bond motifs is 6. The number of rotatable bonds is 5. The molecule has 3 heterocycles. The molecule has 234 valence electrons. The third kappa shape index (κ3) is 4.71. The van der Waals surface area contributed by atoms with Gasteiger partial charge in [-0.05, 0) is 53.6 Å². The number of aromatic nitrogens is 4.